The van der Waals surface area contributed by atoms with Crippen molar-refractivity contribution < 1.29 is 18.4 Å². The minimum Gasteiger partial charge on any atom is -0.350 e. The van der Waals surface area contributed by atoms with E-state index in [-0.39, 0.29) is 17.3 Å². The molecule has 2 aromatic carbocycles. The monoisotopic (exact) mass is 348 g/mol. The number of nitrogens with one attached hydrogen (secondary N) is 1. The second-order valence-corrected chi connectivity index (χ2v) is 5.53. The van der Waals surface area contributed by atoms with Gasteiger partial charge in [0, 0.05) is 5.69 Å². The fourth-order valence-corrected chi connectivity index (χ4v) is 2.51. The first kappa shape index (κ1) is 16.1. The maximum Gasteiger partial charge on any atom is 0.279 e. The molecule has 1 N–H and O–H groups in total. The molecular weight excluding hydrogens is 338 g/mol. The Hall–Kier alpha value is -2.73. The van der Waals surface area contributed by atoms with E-state index in [0.717, 1.165) is 4.90 Å². The molecule has 0 aromatic heterocycles. The number of carbonyl (C=O) groups is 2. The SMILES string of the molecule is O=C1C(Cl)=C(Nc2cccc(F)c2)C(=O)N1Cc1ccc(F)cc1. The van der Waals surface area contributed by atoms with Crippen LogP contribution in [0.1, 0.15) is 5.56 Å². The summed E-state index contributed by atoms with van der Waals surface area (Å²) in [6.07, 6.45) is 0. The Kier molecular flexibility index (Phi) is 4.31. The highest BCUT2D eigenvalue weighted by atomic mass is 35.5. The van der Waals surface area contributed by atoms with Crippen LogP contribution in [0.4, 0.5) is 14.5 Å². The van der Waals surface area contributed by atoms with Gasteiger partial charge in [0.15, 0.2) is 0 Å². The molecule has 0 unspecified atom stereocenters. The van der Waals surface area contributed by atoms with E-state index in [1.54, 1.807) is 6.07 Å². The quantitative estimate of drug-likeness (QED) is 0.862. The lowest BCUT2D eigenvalue weighted by Crippen LogP contribution is -2.31. The van der Waals surface area contributed by atoms with Crippen molar-refractivity contribution in [3.05, 3.63) is 76.5 Å². The van der Waals surface area contributed by atoms with Gasteiger partial charge in [-0.2, -0.15) is 0 Å². The summed E-state index contributed by atoms with van der Waals surface area (Å²) >= 11 is 5.95. The molecule has 0 bridgehead atoms. The maximum atomic E-state index is 13.2. The van der Waals surface area contributed by atoms with Crippen LogP contribution in [-0.2, 0) is 16.1 Å². The van der Waals surface area contributed by atoms with E-state index in [1.807, 2.05) is 0 Å². The summed E-state index contributed by atoms with van der Waals surface area (Å²) in [4.78, 5) is 25.5. The van der Waals surface area contributed by atoms with Crippen LogP contribution in [0, 0.1) is 11.6 Å². The first-order valence-electron chi connectivity index (χ1n) is 6.98. The van der Waals surface area contributed by atoms with Crippen LogP contribution in [0.3, 0.4) is 0 Å². The molecule has 24 heavy (non-hydrogen) atoms. The van der Waals surface area contributed by atoms with Gasteiger partial charge in [-0.3, -0.25) is 14.5 Å². The largest absolute Gasteiger partial charge is 0.350 e. The molecule has 0 atom stereocenters. The minimum absolute atomic E-state index is 0.0392. The van der Waals surface area contributed by atoms with Crippen molar-refractivity contribution in [2.75, 3.05) is 5.32 Å². The molecular formula is C17H11ClF2N2O2. The summed E-state index contributed by atoms with van der Waals surface area (Å²) < 4.78 is 26.2. The van der Waals surface area contributed by atoms with E-state index in [2.05, 4.69) is 5.32 Å². The third kappa shape index (κ3) is 3.14. The van der Waals surface area contributed by atoms with Crippen molar-refractivity contribution in [2.24, 2.45) is 0 Å². The summed E-state index contributed by atoms with van der Waals surface area (Å²) in [6, 6.07) is 10.9. The predicted octanol–water partition coefficient (Wildman–Crippen LogP) is 3.40. The van der Waals surface area contributed by atoms with Gasteiger partial charge >= 0.3 is 0 Å². The summed E-state index contributed by atoms with van der Waals surface area (Å²) in [7, 11) is 0. The zero-order valence-electron chi connectivity index (χ0n) is 12.2. The van der Waals surface area contributed by atoms with Crippen molar-refractivity contribution in [1.29, 1.82) is 0 Å². The van der Waals surface area contributed by atoms with Gasteiger partial charge < -0.3 is 5.32 Å². The van der Waals surface area contributed by atoms with Crippen molar-refractivity contribution in [3.8, 4) is 0 Å². The smallest absolute Gasteiger partial charge is 0.279 e. The van der Waals surface area contributed by atoms with Gasteiger partial charge in [-0.15, -0.1) is 0 Å². The van der Waals surface area contributed by atoms with Crippen LogP contribution < -0.4 is 5.32 Å². The molecule has 0 spiro atoms. The zero-order valence-corrected chi connectivity index (χ0v) is 13.0. The first-order chi connectivity index (χ1) is 11.5. The van der Waals surface area contributed by atoms with Gasteiger partial charge in [-0.05, 0) is 35.9 Å². The average molecular weight is 349 g/mol. The van der Waals surface area contributed by atoms with Gasteiger partial charge in [0.05, 0.1) is 6.54 Å². The summed E-state index contributed by atoms with van der Waals surface area (Å²) in [5.74, 6) is -2.19. The number of rotatable bonds is 4. The third-order valence-electron chi connectivity index (χ3n) is 3.46. The Balaban J connectivity index is 1.80. The lowest BCUT2D eigenvalue weighted by atomic mass is 10.2. The van der Waals surface area contributed by atoms with Crippen LogP contribution in [-0.4, -0.2) is 16.7 Å². The predicted molar refractivity (Wildman–Crippen MR) is 84.9 cm³/mol. The number of carbonyl (C=O) groups excluding carboxylic acids is 2. The summed E-state index contributed by atoms with van der Waals surface area (Å²) in [6.45, 7) is -0.0392. The second-order valence-electron chi connectivity index (χ2n) is 5.15. The number of amides is 2. The zero-order chi connectivity index (χ0) is 17.3. The van der Waals surface area contributed by atoms with E-state index in [4.69, 9.17) is 11.6 Å². The number of anilines is 1. The van der Waals surface area contributed by atoms with E-state index < -0.39 is 23.4 Å². The molecule has 1 aliphatic heterocycles. The van der Waals surface area contributed by atoms with Gasteiger partial charge in [0.2, 0.25) is 0 Å². The van der Waals surface area contributed by atoms with Gasteiger partial charge in [0.1, 0.15) is 22.4 Å². The standard InChI is InChI=1S/C17H11ClF2N2O2/c18-14-15(21-13-3-1-2-12(20)8-13)17(24)22(16(14)23)9-10-4-6-11(19)7-5-10/h1-8,21H,9H2. The Morgan fingerprint density at radius 2 is 1.67 bits per heavy atom. The van der Waals surface area contributed by atoms with E-state index in [1.165, 1.54) is 42.5 Å². The Morgan fingerprint density at radius 1 is 0.958 bits per heavy atom. The molecule has 3 rings (SSSR count). The van der Waals surface area contributed by atoms with Gasteiger partial charge in [-0.25, -0.2) is 8.78 Å². The molecule has 0 fully saturated rings. The van der Waals surface area contributed by atoms with E-state index in [0.29, 0.717) is 11.3 Å². The van der Waals surface area contributed by atoms with Crippen molar-refractivity contribution >= 4 is 29.1 Å². The maximum absolute atomic E-state index is 13.2. The number of hydrogen-bond donors (Lipinski definition) is 1. The molecule has 2 amide bonds. The number of nitrogens with zero attached hydrogens (tertiary/aromatic N) is 1. The topological polar surface area (TPSA) is 49.4 Å². The molecule has 0 aliphatic carbocycles. The highest BCUT2D eigenvalue weighted by Gasteiger charge is 2.37. The fraction of sp³-hybridized carbons (Fsp3) is 0.0588. The Morgan fingerprint density at radius 3 is 2.33 bits per heavy atom. The van der Waals surface area contributed by atoms with Crippen molar-refractivity contribution in [1.82, 2.24) is 4.90 Å². The molecule has 1 aliphatic rings. The normalized spacial score (nSPS) is 14.5. The Bertz CT molecular complexity index is 850. The third-order valence-corrected chi connectivity index (χ3v) is 3.81. The molecule has 122 valence electrons. The molecule has 0 saturated carbocycles. The molecule has 0 radical (unpaired) electrons. The number of imide groups is 1. The van der Waals surface area contributed by atoms with Crippen LogP contribution in [0.2, 0.25) is 0 Å². The summed E-state index contributed by atoms with van der Waals surface area (Å²) in [5.41, 5.74) is 0.761. The molecule has 7 heteroatoms. The molecule has 2 aromatic rings. The van der Waals surface area contributed by atoms with Crippen molar-refractivity contribution in [3.63, 3.8) is 0 Å². The lowest BCUT2D eigenvalue weighted by molar-refractivity contribution is -0.138. The molecule has 0 saturated heterocycles. The van der Waals surface area contributed by atoms with Crippen LogP contribution in [0.25, 0.3) is 0 Å². The Labute approximate surface area is 141 Å². The van der Waals surface area contributed by atoms with Gasteiger partial charge in [0.25, 0.3) is 11.8 Å². The number of halogens is 3. The van der Waals surface area contributed by atoms with E-state index >= 15 is 0 Å². The van der Waals surface area contributed by atoms with Gasteiger partial charge in [-0.1, -0.05) is 29.8 Å². The lowest BCUT2D eigenvalue weighted by Gasteiger charge is -2.15. The number of hydrogen-bond acceptors (Lipinski definition) is 3. The highest BCUT2D eigenvalue weighted by molar-refractivity contribution is 6.48. The molecule has 4 nitrogen and oxygen atoms in total. The second kappa shape index (κ2) is 6.41. The average Bonchev–Trinajstić information content (AvgIpc) is 2.75. The van der Waals surface area contributed by atoms with E-state index in [9.17, 15) is 18.4 Å². The van der Waals surface area contributed by atoms with Crippen LogP contribution >= 0.6 is 11.6 Å². The fourth-order valence-electron chi connectivity index (χ4n) is 2.28. The summed E-state index contributed by atoms with van der Waals surface area (Å²) in [5, 5.41) is 2.40. The molecule has 1 heterocycles. The first-order valence-corrected chi connectivity index (χ1v) is 7.36. The minimum atomic E-state index is -0.662. The number of benzene rings is 2. The van der Waals surface area contributed by atoms with Crippen LogP contribution in [0.5, 0.6) is 0 Å². The highest BCUT2D eigenvalue weighted by Crippen LogP contribution is 2.27. The van der Waals surface area contributed by atoms with Crippen molar-refractivity contribution in [2.45, 2.75) is 6.54 Å². The van der Waals surface area contributed by atoms with Crippen LogP contribution in [0.15, 0.2) is 59.3 Å².